The maximum absolute atomic E-state index is 12.0. The summed E-state index contributed by atoms with van der Waals surface area (Å²) in [7, 11) is 3.43. The van der Waals surface area contributed by atoms with Crippen molar-refractivity contribution in [2.45, 2.75) is 11.4 Å². The summed E-state index contributed by atoms with van der Waals surface area (Å²) in [6, 6.07) is 7.68. The molecule has 0 unspecified atom stereocenters. The average Bonchev–Trinajstić information content (AvgIpc) is 2.98. The number of amides is 1. The molecule has 0 bridgehead atoms. The normalized spacial score (nSPS) is 10.3. The van der Waals surface area contributed by atoms with Crippen molar-refractivity contribution in [3.8, 4) is 5.75 Å². The first-order valence-corrected chi connectivity index (χ1v) is 7.16. The van der Waals surface area contributed by atoms with Gasteiger partial charge in [0.2, 0.25) is 5.91 Å². The zero-order valence-electron chi connectivity index (χ0n) is 11.5. The maximum atomic E-state index is 12.0. The molecule has 20 heavy (non-hydrogen) atoms. The molecule has 0 atom stereocenters. The third kappa shape index (κ3) is 4.03. The van der Waals surface area contributed by atoms with Gasteiger partial charge in [-0.3, -0.25) is 9.89 Å². The Balaban J connectivity index is 1.81. The van der Waals surface area contributed by atoms with Gasteiger partial charge in [-0.05, 0) is 24.3 Å². The summed E-state index contributed by atoms with van der Waals surface area (Å²) in [6.45, 7) is 0.568. The second-order valence-electron chi connectivity index (χ2n) is 4.32. The molecule has 106 valence electrons. The van der Waals surface area contributed by atoms with E-state index in [9.17, 15) is 4.79 Å². The molecule has 0 saturated heterocycles. The van der Waals surface area contributed by atoms with Gasteiger partial charge >= 0.3 is 0 Å². The van der Waals surface area contributed by atoms with Crippen LogP contribution in [0.4, 0.5) is 0 Å². The Morgan fingerprint density at radius 3 is 2.75 bits per heavy atom. The molecule has 0 radical (unpaired) electrons. The molecule has 0 saturated carbocycles. The number of hydrogen-bond donors (Lipinski definition) is 1. The minimum atomic E-state index is 0.0898. The van der Waals surface area contributed by atoms with E-state index in [2.05, 4.69) is 10.2 Å². The molecule has 6 heteroatoms. The number of carbonyl (C=O) groups excluding carboxylic acids is 1. The molecule has 2 rings (SSSR count). The van der Waals surface area contributed by atoms with Crippen LogP contribution in [0.25, 0.3) is 0 Å². The lowest BCUT2D eigenvalue weighted by Gasteiger charge is -2.15. The van der Waals surface area contributed by atoms with Gasteiger partial charge < -0.3 is 9.64 Å². The zero-order chi connectivity index (χ0) is 14.4. The van der Waals surface area contributed by atoms with Crippen LogP contribution in [-0.4, -0.2) is 40.9 Å². The van der Waals surface area contributed by atoms with Crippen LogP contribution in [0.15, 0.2) is 41.6 Å². The fourth-order valence-electron chi connectivity index (χ4n) is 1.65. The van der Waals surface area contributed by atoms with E-state index in [0.717, 1.165) is 16.2 Å². The van der Waals surface area contributed by atoms with Gasteiger partial charge in [-0.15, -0.1) is 11.8 Å². The molecule has 1 aromatic carbocycles. The Hall–Kier alpha value is -1.95. The SMILES string of the molecule is COc1ccc(SCC(=O)N(C)Cc2cn[nH]c2)cc1. The van der Waals surface area contributed by atoms with E-state index in [1.807, 2.05) is 24.3 Å². The van der Waals surface area contributed by atoms with E-state index < -0.39 is 0 Å². The monoisotopic (exact) mass is 291 g/mol. The van der Waals surface area contributed by atoms with E-state index in [0.29, 0.717) is 12.3 Å². The second kappa shape index (κ2) is 7.00. The van der Waals surface area contributed by atoms with Crippen LogP contribution < -0.4 is 4.74 Å². The molecule has 0 aliphatic heterocycles. The van der Waals surface area contributed by atoms with Crippen molar-refractivity contribution in [2.75, 3.05) is 19.9 Å². The first-order valence-electron chi connectivity index (χ1n) is 6.17. The summed E-state index contributed by atoms with van der Waals surface area (Å²) in [4.78, 5) is 14.8. The molecule has 1 N–H and O–H groups in total. The Labute approximate surface area is 122 Å². The van der Waals surface area contributed by atoms with E-state index >= 15 is 0 Å². The van der Waals surface area contributed by atoms with Crippen LogP contribution in [0.3, 0.4) is 0 Å². The number of rotatable bonds is 6. The molecule has 1 amide bonds. The Morgan fingerprint density at radius 1 is 1.40 bits per heavy atom. The lowest BCUT2D eigenvalue weighted by atomic mass is 10.3. The average molecular weight is 291 g/mol. The largest absolute Gasteiger partial charge is 0.497 e. The molecule has 0 aliphatic rings. The Morgan fingerprint density at radius 2 is 2.15 bits per heavy atom. The van der Waals surface area contributed by atoms with Crippen molar-refractivity contribution in [1.29, 1.82) is 0 Å². The van der Waals surface area contributed by atoms with E-state index in [1.165, 1.54) is 11.8 Å². The summed E-state index contributed by atoms with van der Waals surface area (Å²) < 4.78 is 5.10. The molecule has 0 spiro atoms. The van der Waals surface area contributed by atoms with Gasteiger partial charge in [0.05, 0.1) is 19.1 Å². The molecule has 1 heterocycles. The highest BCUT2D eigenvalue weighted by Gasteiger charge is 2.10. The van der Waals surface area contributed by atoms with E-state index in [4.69, 9.17) is 4.74 Å². The summed E-state index contributed by atoms with van der Waals surface area (Å²) in [5.74, 6) is 1.32. The van der Waals surface area contributed by atoms with Gasteiger partial charge in [-0.1, -0.05) is 0 Å². The number of aromatic nitrogens is 2. The van der Waals surface area contributed by atoms with Crippen molar-refractivity contribution in [2.24, 2.45) is 0 Å². The van der Waals surface area contributed by atoms with Crippen LogP contribution in [0.1, 0.15) is 5.56 Å². The van der Waals surface area contributed by atoms with Gasteiger partial charge in [-0.2, -0.15) is 5.10 Å². The third-order valence-corrected chi connectivity index (χ3v) is 3.82. The number of carbonyl (C=O) groups is 1. The van der Waals surface area contributed by atoms with Crippen LogP contribution in [-0.2, 0) is 11.3 Å². The number of thioether (sulfide) groups is 1. The molecular weight excluding hydrogens is 274 g/mol. The van der Waals surface area contributed by atoms with Crippen molar-refractivity contribution < 1.29 is 9.53 Å². The number of nitrogens with one attached hydrogen (secondary N) is 1. The maximum Gasteiger partial charge on any atom is 0.232 e. The van der Waals surface area contributed by atoms with Crippen LogP contribution in [0.5, 0.6) is 5.75 Å². The standard InChI is InChI=1S/C14H17N3O2S/c1-17(9-11-7-15-16-8-11)14(18)10-20-13-5-3-12(19-2)4-6-13/h3-8H,9-10H2,1-2H3,(H,15,16). The minimum absolute atomic E-state index is 0.0898. The van der Waals surface area contributed by atoms with Crippen LogP contribution >= 0.6 is 11.8 Å². The highest BCUT2D eigenvalue weighted by atomic mass is 32.2. The van der Waals surface area contributed by atoms with Crippen molar-refractivity contribution in [3.63, 3.8) is 0 Å². The molecule has 0 aliphatic carbocycles. The lowest BCUT2D eigenvalue weighted by molar-refractivity contribution is -0.127. The zero-order valence-corrected chi connectivity index (χ0v) is 12.3. The van der Waals surface area contributed by atoms with Gasteiger partial charge in [-0.25, -0.2) is 0 Å². The second-order valence-corrected chi connectivity index (χ2v) is 5.37. The predicted octanol–water partition coefficient (Wildman–Crippen LogP) is 2.17. The third-order valence-electron chi connectivity index (χ3n) is 2.82. The number of ether oxygens (including phenoxy) is 1. The number of hydrogen-bond acceptors (Lipinski definition) is 4. The van der Waals surface area contributed by atoms with Crippen molar-refractivity contribution >= 4 is 17.7 Å². The molecule has 2 aromatic rings. The summed E-state index contributed by atoms with van der Waals surface area (Å²) in [6.07, 6.45) is 3.51. The van der Waals surface area contributed by atoms with E-state index in [1.54, 1.807) is 31.5 Å². The highest BCUT2D eigenvalue weighted by molar-refractivity contribution is 8.00. The Kier molecular flexibility index (Phi) is 5.06. The van der Waals surface area contributed by atoms with Crippen LogP contribution in [0.2, 0.25) is 0 Å². The number of nitrogens with zero attached hydrogens (tertiary/aromatic N) is 2. The van der Waals surface area contributed by atoms with Gasteiger partial charge in [0.25, 0.3) is 0 Å². The fraction of sp³-hybridized carbons (Fsp3) is 0.286. The van der Waals surface area contributed by atoms with Crippen molar-refractivity contribution in [3.05, 3.63) is 42.2 Å². The van der Waals surface area contributed by atoms with Gasteiger partial charge in [0.1, 0.15) is 5.75 Å². The first-order chi connectivity index (χ1) is 9.69. The van der Waals surface area contributed by atoms with Crippen LogP contribution in [0, 0.1) is 0 Å². The fourth-order valence-corrected chi connectivity index (χ4v) is 2.49. The number of methoxy groups -OCH3 is 1. The first kappa shape index (κ1) is 14.5. The Bertz CT molecular complexity index is 540. The van der Waals surface area contributed by atoms with E-state index in [-0.39, 0.29) is 5.91 Å². The lowest BCUT2D eigenvalue weighted by Crippen LogP contribution is -2.27. The molecule has 0 fully saturated rings. The smallest absolute Gasteiger partial charge is 0.232 e. The summed E-state index contributed by atoms with van der Waals surface area (Å²) in [5.41, 5.74) is 0.996. The number of aromatic amines is 1. The quantitative estimate of drug-likeness (QED) is 0.829. The summed E-state index contributed by atoms with van der Waals surface area (Å²) in [5, 5.41) is 6.60. The van der Waals surface area contributed by atoms with Gasteiger partial charge in [0.15, 0.2) is 0 Å². The van der Waals surface area contributed by atoms with Crippen molar-refractivity contribution in [1.82, 2.24) is 15.1 Å². The van der Waals surface area contributed by atoms with Gasteiger partial charge in [0, 0.05) is 30.2 Å². The number of benzene rings is 1. The minimum Gasteiger partial charge on any atom is -0.497 e. The summed E-state index contributed by atoms with van der Waals surface area (Å²) >= 11 is 1.52. The topological polar surface area (TPSA) is 58.2 Å². The molecule has 1 aromatic heterocycles. The predicted molar refractivity (Wildman–Crippen MR) is 78.8 cm³/mol. The molecule has 5 nitrogen and oxygen atoms in total. The molecular formula is C14H17N3O2S. The number of H-pyrrole nitrogens is 1. The highest BCUT2D eigenvalue weighted by Crippen LogP contribution is 2.21.